The molecular formula is C31H30ClN5O4. The summed E-state index contributed by atoms with van der Waals surface area (Å²) in [7, 11) is 2.14. The molecule has 210 valence electrons. The topological polar surface area (TPSA) is 96.0 Å². The number of nitrogens with zero attached hydrogens (tertiary/aromatic N) is 3. The lowest BCUT2D eigenvalue weighted by molar-refractivity contribution is -0.116. The standard InChI is InChI=1S/C31H30ClN5O4/c1-36-10-12-37(13-11-36)17-19-3-2-18(14-24(19)32)31(39)34-16-23-28-22-15-20(4-6-25(22)41-29(23)28)40-26-8-9-33-30-21(26)5-7-27(38)35-30/h2-4,6,8-9,14-16,28-29H,5,7,10-13,17H2,1H3,(H,34,39)(H,33,35,38)/b23-16-. The van der Waals surface area contributed by atoms with Gasteiger partial charge in [-0.15, -0.1) is 0 Å². The largest absolute Gasteiger partial charge is 0.485 e. The van der Waals surface area contributed by atoms with Crippen molar-refractivity contribution in [2.45, 2.75) is 31.4 Å². The predicted octanol–water partition coefficient (Wildman–Crippen LogP) is 4.33. The predicted molar refractivity (Wildman–Crippen MR) is 155 cm³/mol. The van der Waals surface area contributed by atoms with Crippen LogP contribution < -0.4 is 20.1 Å². The van der Waals surface area contributed by atoms with Gasteiger partial charge in [-0.3, -0.25) is 14.5 Å². The van der Waals surface area contributed by atoms with Gasteiger partial charge in [-0.25, -0.2) is 4.98 Å². The van der Waals surface area contributed by atoms with Gasteiger partial charge in [-0.05, 0) is 61.0 Å². The smallest absolute Gasteiger partial charge is 0.255 e. The minimum Gasteiger partial charge on any atom is -0.485 e. The summed E-state index contributed by atoms with van der Waals surface area (Å²) >= 11 is 6.56. The number of aromatic nitrogens is 1. The molecule has 1 aliphatic carbocycles. The highest BCUT2D eigenvalue weighted by Gasteiger charge is 2.54. The summed E-state index contributed by atoms with van der Waals surface area (Å²) in [5.74, 6) is 2.57. The van der Waals surface area contributed by atoms with E-state index in [1.54, 1.807) is 18.5 Å². The Kier molecular flexibility index (Phi) is 6.65. The fraction of sp³-hybridized carbons (Fsp3) is 0.323. The molecular weight excluding hydrogens is 542 g/mol. The highest BCUT2D eigenvalue weighted by molar-refractivity contribution is 6.31. The number of amides is 2. The third-order valence-corrected chi connectivity index (χ3v) is 8.58. The van der Waals surface area contributed by atoms with Crippen LogP contribution in [0.4, 0.5) is 5.82 Å². The van der Waals surface area contributed by atoms with Crippen molar-refractivity contribution in [3.05, 3.63) is 87.7 Å². The van der Waals surface area contributed by atoms with Crippen LogP contribution in [0.3, 0.4) is 0 Å². The van der Waals surface area contributed by atoms with Gasteiger partial charge in [0.15, 0.2) is 0 Å². The van der Waals surface area contributed by atoms with Gasteiger partial charge in [-0.2, -0.15) is 0 Å². The van der Waals surface area contributed by atoms with Crippen molar-refractivity contribution < 1.29 is 19.1 Å². The fourth-order valence-electron chi connectivity index (χ4n) is 5.76. The van der Waals surface area contributed by atoms with Gasteiger partial charge in [0, 0.05) is 73.3 Å². The average Bonchev–Trinajstić information content (AvgIpc) is 3.52. The van der Waals surface area contributed by atoms with Crippen molar-refractivity contribution >= 4 is 29.2 Å². The number of halogens is 1. The molecule has 7 rings (SSSR count). The SMILES string of the molecule is CN1CCN(Cc2ccc(C(=O)N/C=C3\C4Oc5ccc(Oc6ccnc7c6CCC(=O)N7)cc5C34)cc2Cl)CC1. The van der Waals surface area contributed by atoms with Crippen molar-refractivity contribution in [2.75, 3.05) is 38.5 Å². The lowest BCUT2D eigenvalue weighted by Crippen LogP contribution is -2.43. The Bertz CT molecular complexity index is 1580. The summed E-state index contributed by atoms with van der Waals surface area (Å²) in [6.45, 7) is 4.89. The average molecular weight is 572 g/mol. The van der Waals surface area contributed by atoms with Gasteiger partial charge >= 0.3 is 0 Å². The monoisotopic (exact) mass is 571 g/mol. The molecule has 1 saturated carbocycles. The second-order valence-electron chi connectivity index (χ2n) is 11.0. The normalized spacial score (nSPS) is 22.3. The molecule has 41 heavy (non-hydrogen) atoms. The molecule has 0 spiro atoms. The highest BCUT2D eigenvalue weighted by atomic mass is 35.5. The molecule has 3 aliphatic heterocycles. The zero-order chi connectivity index (χ0) is 28.1. The molecule has 3 aromatic rings. The Morgan fingerprint density at radius 2 is 2.02 bits per heavy atom. The zero-order valence-corrected chi connectivity index (χ0v) is 23.4. The number of hydrogen-bond donors (Lipinski definition) is 2. The number of rotatable bonds is 6. The van der Waals surface area contributed by atoms with E-state index >= 15 is 0 Å². The number of benzene rings is 2. The van der Waals surface area contributed by atoms with Crippen LogP contribution in [0.15, 0.2) is 60.4 Å². The van der Waals surface area contributed by atoms with Crippen LogP contribution in [0.5, 0.6) is 17.2 Å². The summed E-state index contributed by atoms with van der Waals surface area (Å²) in [6.07, 6.45) is 4.29. The Hall–Kier alpha value is -3.92. The third-order valence-electron chi connectivity index (χ3n) is 8.23. The van der Waals surface area contributed by atoms with Crippen LogP contribution >= 0.6 is 11.6 Å². The summed E-state index contributed by atoms with van der Waals surface area (Å²) < 4.78 is 12.3. The molecule has 9 nitrogen and oxygen atoms in total. The summed E-state index contributed by atoms with van der Waals surface area (Å²) in [5.41, 5.74) is 4.49. The number of nitrogens with one attached hydrogen (secondary N) is 2. The molecule has 10 heteroatoms. The van der Waals surface area contributed by atoms with E-state index in [1.807, 2.05) is 36.4 Å². The van der Waals surface area contributed by atoms with Crippen molar-refractivity contribution in [1.82, 2.24) is 20.1 Å². The number of pyridine rings is 1. The number of carbonyl (C=O) groups excluding carboxylic acids is 2. The van der Waals surface area contributed by atoms with Crippen LogP contribution in [0.2, 0.25) is 5.02 Å². The lowest BCUT2D eigenvalue weighted by Gasteiger charge is -2.32. The Morgan fingerprint density at radius 1 is 1.17 bits per heavy atom. The van der Waals surface area contributed by atoms with Gasteiger partial charge in [0.25, 0.3) is 5.91 Å². The van der Waals surface area contributed by atoms with Crippen LogP contribution in [0, 0.1) is 0 Å². The Morgan fingerprint density at radius 3 is 2.85 bits per heavy atom. The maximum Gasteiger partial charge on any atom is 0.255 e. The first kappa shape index (κ1) is 26.0. The van der Waals surface area contributed by atoms with Crippen molar-refractivity contribution in [1.29, 1.82) is 0 Å². The maximum absolute atomic E-state index is 12.9. The van der Waals surface area contributed by atoms with Crippen molar-refractivity contribution in [3.8, 4) is 17.2 Å². The molecule has 2 amide bonds. The van der Waals surface area contributed by atoms with E-state index in [0.717, 1.165) is 60.7 Å². The van der Waals surface area contributed by atoms with Crippen molar-refractivity contribution in [3.63, 3.8) is 0 Å². The minimum absolute atomic E-state index is 0.0376. The second kappa shape index (κ2) is 10.5. The first-order valence-electron chi connectivity index (χ1n) is 13.9. The van der Waals surface area contributed by atoms with E-state index in [1.165, 1.54) is 0 Å². The van der Waals surface area contributed by atoms with E-state index in [0.29, 0.717) is 40.7 Å². The molecule has 4 heterocycles. The molecule has 0 radical (unpaired) electrons. The fourth-order valence-corrected chi connectivity index (χ4v) is 6.00. The summed E-state index contributed by atoms with van der Waals surface area (Å²) in [4.78, 5) is 33.6. The second-order valence-corrected chi connectivity index (χ2v) is 11.4. The van der Waals surface area contributed by atoms with Crippen molar-refractivity contribution in [2.24, 2.45) is 0 Å². The Labute approximate surface area is 243 Å². The molecule has 2 aromatic carbocycles. The van der Waals surface area contributed by atoms with E-state index in [4.69, 9.17) is 21.1 Å². The number of anilines is 1. The van der Waals surface area contributed by atoms with Gasteiger partial charge in [0.2, 0.25) is 5.91 Å². The number of carbonyl (C=O) groups is 2. The summed E-state index contributed by atoms with van der Waals surface area (Å²) in [6, 6.07) is 13.1. The molecule has 4 aliphatic rings. The van der Waals surface area contributed by atoms with E-state index in [-0.39, 0.29) is 23.8 Å². The maximum atomic E-state index is 12.9. The molecule has 1 aromatic heterocycles. The van der Waals surface area contributed by atoms with Gasteiger partial charge in [0.05, 0.1) is 5.92 Å². The number of ether oxygens (including phenoxy) is 2. The molecule has 2 N–H and O–H groups in total. The molecule has 2 fully saturated rings. The first-order valence-corrected chi connectivity index (χ1v) is 14.3. The Balaban J connectivity index is 0.999. The first-order chi connectivity index (χ1) is 19.9. The van der Waals surface area contributed by atoms with Gasteiger partial charge in [0.1, 0.15) is 29.2 Å². The van der Waals surface area contributed by atoms with Crippen LogP contribution in [-0.4, -0.2) is 65.9 Å². The molecule has 2 unspecified atom stereocenters. The minimum atomic E-state index is -0.206. The quantitative estimate of drug-likeness (QED) is 0.455. The third kappa shape index (κ3) is 5.16. The summed E-state index contributed by atoms with van der Waals surface area (Å²) in [5, 5.41) is 6.33. The van der Waals surface area contributed by atoms with E-state index in [2.05, 4.69) is 32.5 Å². The van der Waals surface area contributed by atoms with E-state index in [9.17, 15) is 9.59 Å². The number of likely N-dealkylation sites (N-methyl/N-ethyl adjacent to an activating group) is 1. The van der Waals surface area contributed by atoms with Gasteiger partial charge < -0.3 is 25.0 Å². The van der Waals surface area contributed by atoms with Gasteiger partial charge in [-0.1, -0.05) is 17.7 Å². The van der Waals surface area contributed by atoms with Crippen LogP contribution in [0.25, 0.3) is 0 Å². The highest BCUT2D eigenvalue weighted by Crippen LogP contribution is 2.58. The number of piperazine rings is 1. The van der Waals surface area contributed by atoms with Crippen LogP contribution in [0.1, 0.15) is 39.4 Å². The molecule has 1 saturated heterocycles. The van der Waals surface area contributed by atoms with Crippen LogP contribution in [-0.2, 0) is 17.8 Å². The number of fused-ring (bicyclic) bond motifs is 4. The van der Waals surface area contributed by atoms with E-state index < -0.39 is 0 Å². The molecule has 2 atom stereocenters. The zero-order valence-electron chi connectivity index (χ0n) is 22.7. The number of hydrogen-bond acceptors (Lipinski definition) is 7. The lowest BCUT2D eigenvalue weighted by atomic mass is 10.1. The molecule has 0 bridgehead atoms.